The van der Waals surface area contributed by atoms with E-state index in [1.807, 2.05) is 0 Å². The topological polar surface area (TPSA) is 59.8 Å². The lowest BCUT2D eigenvalue weighted by Gasteiger charge is -2.21. The van der Waals surface area contributed by atoms with E-state index in [2.05, 4.69) is 21.9 Å². The van der Waals surface area contributed by atoms with Crippen molar-refractivity contribution in [2.75, 3.05) is 5.32 Å². The molecule has 2 aromatic heterocycles. The number of aryl methyl sites for hydroxylation is 1. The lowest BCUT2D eigenvalue weighted by Crippen LogP contribution is -2.30. The Bertz CT molecular complexity index is 1530. The van der Waals surface area contributed by atoms with Gasteiger partial charge in [-0.1, -0.05) is 30.8 Å². The Hall–Kier alpha value is -4.01. The lowest BCUT2D eigenvalue weighted by atomic mass is 10.0. The zero-order valence-electron chi connectivity index (χ0n) is 18.7. The van der Waals surface area contributed by atoms with E-state index in [1.54, 1.807) is 29.8 Å². The zero-order chi connectivity index (χ0) is 24.9. The number of hydrogen-bond donors (Lipinski definition) is 1. The molecule has 9 heteroatoms. The maximum atomic E-state index is 14.7. The minimum absolute atomic E-state index is 0.0295. The van der Waals surface area contributed by atoms with Gasteiger partial charge in [-0.05, 0) is 43.5 Å². The zero-order valence-corrected chi connectivity index (χ0v) is 18.7. The lowest BCUT2D eigenvalue weighted by molar-refractivity contribution is 0.146. The van der Waals surface area contributed by atoms with Crippen molar-refractivity contribution < 1.29 is 17.6 Å². The van der Waals surface area contributed by atoms with Crippen molar-refractivity contribution in [1.82, 2.24) is 14.5 Å². The second kappa shape index (κ2) is 8.33. The fourth-order valence-corrected chi connectivity index (χ4v) is 4.36. The summed E-state index contributed by atoms with van der Waals surface area (Å²) in [5.41, 5.74) is -0.539. The van der Waals surface area contributed by atoms with Gasteiger partial charge in [-0.15, -0.1) is 0 Å². The Labute approximate surface area is 197 Å². The van der Waals surface area contributed by atoms with E-state index in [0.29, 0.717) is 29.6 Å². The third-order valence-electron chi connectivity index (χ3n) is 6.27. The second-order valence-corrected chi connectivity index (χ2v) is 8.55. The minimum atomic E-state index is -2.97. The Morgan fingerprint density at radius 2 is 1.83 bits per heavy atom. The van der Waals surface area contributed by atoms with Crippen LogP contribution >= 0.6 is 0 Å². The van der Waals surface area contributed by atoms with E-state index >= 15 is 0 Å². The monoisotopic (exact) mass is 480 g/mol. The van der Waals surface area contributed by atoms with Crippen molar-refractivity contribution in [3.8, 4) is 0 Å². The second-order valence-electron chi connectivity index (χ2n) is 8.55. The summed E-state index contributed by atoms with van der Waals surface area (Å²) >= 11 is 0. The molecule has 0 spiro atoms. The van der Waals surface area contributed by atoms with Crippen LogP contribution in [-0.2, 0) is 5.54 Å². The van der Waals surface area contributed by atoms with Gasteiger partial charge in [-0.25, -0.2) is 27.5 Å². The molecule has 0 radical (unpaired) electrons. The van der Waals surface area contributed by atoms with Crippen LogP contribution in [0.3, 0.4) is 0 Å². The van der Waals surface area contributed by atoms with E-state index in [-0.39, 0.29) is 28.5 Å². The summed E-state index contributed by atoms with van der Waals surface area (Å²) < 4.78 is 56.0. The third kappa shape index (κ3) is 3.96. The van der Waals surface area contributed by atoms with Gasteiger partial charge in [0.05, 0.1) is 22.0 Å². The van der Waals surface area contributed by atoms with Crippen LogP contribution in [0.2, 0.25) is 0 Å². The number of nitrogens with zero attached hydrogens (tertiary/aromatic N) is 3. The maximum absolute atomic E-state index is 14.7. The molecular formula is C26H20F4N4O. The average Bonchev–Trinajstić information content (AvgIpc) is 3.60. The first-order valence-electron chi connectivity index (χ1n) is 10.9. The average molecular weight is 480 g/mol. The van der Waals surface area contributed by atoms with Crippen molar-refractivity contribution in [3.05, 3.63) is 106 Å². The normalized spacial score (nSPS) is 14.3. The molecule has 0 unspecified atom stereocenters. The van der Waals surface area contributed by atoms with Gasteiger partial charge < -0.3 is 9.88 Å². The molecule has 1 saturated carbocycles. The number of aromatic nitrogens is 3. The van der Waals surface area contributed by atoms with Crippen LogP contribution in [0.4, 0.5) is 23.4 Å². The molecule has 0 amide bonds. The van der Waals surface area contributed by atoms with Crippen molar-refractivity contribution >= 4 is 22.4 Å². The summed E-state index contributed by atoms with van der Waals surface area (Å²) in [7, 11) is 0. The smallest absolute Gasteiger partial charge is 0.266 e. The molecule has 2 heterocycles. The Morgan fingerprint density at radius 3 is 2.49 bits per heavy atom. The molecule has 1 aliphatic carbocycles. The molecule has 0 bridgehead atoms. The summed E-state index contributed by atoms with van der Waals surface area (Å²) in [5.74, 6) is -0.831. The summed E-state index contributed by atoms with van der Waals surface area (Å²) in [4.78, 5) is 21.8. The first-order chi connectivity index (χ1) is 16.7. The number of pyridine rings is 1. The van der Waals surface area contributed by atoms with E-state index in [4.69, 9.17) is 0 Å². The Kier molecular flexibility index (Phi) is 5.42. The van der Waals surface area contributed by atoms with Crippen molar-refractivity contribution in [2.24, 2.45) is 0 Å². The molecule has 1 fully saturated rings. The van der Waals surface area contributed by atoms with Gasteiger partial charge in [0, 0.05) is 23.5 Å². The van der Waals surface area contributed by atoms with Crippen LogP contribution in [0.1, 0.15) is 41.8 Å². The number of anilines is 1. The molecule has 1 aliphatic rings. The molecule has 2 aromatic carbocycles. The van der Waals surface area contributed by atoms with Crippen molar-refractivity contribution in [1.29, 1.82) is 0 Å². The predicted molar refractivity (Wildman–Crippen MR) is 125 cm³/mol. The first kappa shape index (κ1) is 22.8. The molecule has 4 aromatic rings. The number of alkyl halides is 2. The molecule has 0 saturated heterocycles. The third-order valence-corrected chi connectivity index (χ3v) is 6.27. The van der Waals surface area contributed by atoms with Crippen LogP contribution < -0.4 is 10.9 Å². The SMILES string of the molecule is C=C(Nc1nc(C)nc2cc(=O)n(C3(c4ccc(F)cc4)CC3)cc12)c1cccc(C(F)F)c1F. The van der Waals surface area contributed by atoms with Crippen molar-refractivity contribution in [3.63, 3.8) is 0 Å². The molecule has 178 valence electrons. The minimum Gasteiger partial charge on any atom is -0.339 e. The van der Waals surface area contributed by atoms with Crippen LogP contribution in [0.15, 0.2) is 66.1 Å². The Morgan fingerprint density at radius 1 is 1.11 bits per heavy atom. The van der Waals surface area contributed by atoms with E-state index in [0.717, 1.165) is 11.6 Å². The Balaban J connectivity index is 1.60. The molecule has 1 N–H and O–H groups in total. The van der Waals surface area contributed by atoms with Crippen LogP contribution in [0.25, 0.3) is 16.6 Å². The van der Waals surface area contributed by atoms with E-state index in [9.17, 15) is 22.4 Å². The van der Waals surface area contributed by atoms with E-state index < -0.39 is 23.3 Å². The standard InChI is InChI=1S/C26H20F4N4O/c1-14(18-4-3-5-19(23(18)28)24(29)30)31-25-20-13-34(22(35)12-21(20)32-15(2)33-25)26(10-11-26)16-6-8-17(27)9-7-16/h3-9,12-13,24H,1,10-11H2,2H3,(H,31,32,33). The maximum Gasteiger partial charge on any atom is 0.266 e. The van der Waals surface area contributed by atoms with Crippen LogP contribution in [0, 0.1) is 18.6 Å². The molecule has 5 nitrogen and oxygen atoms in total. The quantitative estimate of drug-likeness (QED) is 0.347. The van der Waals surface area contributed by atoms with Crippen molar-refractivity contribution in [2.45, 2.75) is 31.7 Å². The number of nitrogens with one attached hydrogen (secondary N) is 1. The summed E-state index contributed by atoms with van der Waals surface area (Å²) in [6.45, 7) is 5.45. The van der Waals surface area contributed by atoms with Gasteiger partial charge in [-0.2, -0.15) is 0 Å². The molecule has 5 rings (SSSR count). The fourth-order valence-electron chi connectivity index (χ4n) is 4.36. The van der Waals surface area contributed by atoms with Gasteiger partial charge >= 0.3 is 0 Å². The van der Waals surface area contributed by atoms with Crippen LogP contribution in [0.5, 0.6) is 0 Å². The van der Waals surface area contributed by atoms with Gasteiger partial charge in [0.1, 0.15) is 23.3 Å². The molecule has 35 heavy (non-hydrogen) atoms. The van der Waals surface area contributed by atoms with Gasteiger partial charge in [0.25, 0.3) is 12.0 Å². The van der Waals surface area contributed by atoms with Gasteiger partial charge in [0.15, 0.2) is 0 Å². The fraction of sp³-hybridized carbons (Fsp3) is 0.192. The number of halogens is 4. The number of rotatable bonds is 6. The summed E-state index contributed by atoms with van der Waals surface area (Å²) in [5, 5.41) is 3.39. The molecule has 0 aliphatic heterocycles. The predicted octanol–water partition coefficient (Wildman–Crippen LogP) is 5.94. The highest BCUT2D eigenvalue weighted by Crippen LogP contribution is 2.49. The summed E-state index contributed by atoms with van der Waals surface area (Å²) in [6.07, 6.45) is 0.0330. The summed E-state index contributed by atoms with van der Waals surface area (Å²) in [6, 6.07) is 11.1. The number of hydrogen-bond acceptors (Lipinski definition) is 4. The van der Waals surface area contributed by atoms with Gasteiger partial charge in [-0.3, -0.25) is 4.79 Å². The first-order valence-corrected chi connectivity index (χ1v) is 10.9. The van der Waals surface area contributed by atoms with Crippen LogP contribution in [-0.4, -0.2) is 14.5 Å². The molecular weight excluding hydrogens is 460 g/mol. The highest BCUT2D eigenvalue weighted by molar-refractivity contribution is 5.92. The highest BCUT2D eigenvalue weighted by atomic mass is 19.3. The van der Waals surface area contributed by atoms with E-state index in [1.165, 1.54) is 30.3 Å². The molecule has 0 atom stereocenters. The number of fused-ring (bicyclic) bond motifs is 1. The number of benzene rings is 2. The highest BCUT2D eigenvalue weighted by Gasteiger charge is 2.47. The largest absolute Gasteiger partial charge is 0.339 e. The van der Waals surface area contributed by atoms with Gasteiger partial charge in [0.2, 0.25) is 0 Å².